The van der Waals surface area contributed by atoms with Crippen LogP contribution in [0, 0.1) is 5.92 Å². The molecule has 5 nitrogen and oxygen atoms in total. The van der Waals surface area contributed by atoms with E-state index in [0.29, 0.717) is 36.2 Å². The SMILES string of the molecule is O=C(CCC1CCCC1)N1CC(c2nc(-c3cccc(Cl)c3)no2)C1. The molecule has 0 spiro atoms. The summed E-state index contributed by atoms with van der Waals surface area (Å²) in [6.45, 7) is 1.36. The summed E-state index contributed by atoms with van der Waals surface area (Å²) in [5.41, 5.74) is 0.839. The smallest absolute Gasteiger partial charge is 0.233 e. The number of carbonyl (C=O) groups is 1. The topological polar surface area (TPSA) is 59.2 Å². The monoisotopic (exact) mass is 359 g/mol. The lowest BCUT2D eigenvalue weighted by atomic mass is 9.97. The molecule has 0 N–H and O–H groups in total. The zero-order valence-electron chi connectivity index (χ0n) is 14.2. The number of nitrogens with zero attached hydrogens (tertiary/aromatic N) is 3. The Bertz CT molecular complexity index is 749. The van der Waals surface area contributed by atoms with Crippen molar-refractivity contribution in [2.75, 3.05) is 13.1 Å². The van der Waals surface area contributed by atoms with Crippen molar-refractivity contribution in [3.8, 4) is 11.4 Å². The van der Waals surface area contributed by atoms with Crippen LogP contribution in [0.1, 0.15) is 50.3 Å². The van der Waals surface area contributed by atoms with E-state index in [2.05, 4.69) is 10.1 Å². The van der Waals surface area contributed by atoms with E-state index in [1.54, 1.807) is 0 Å². The van der Waals surface area contributed by atoms with Gasteiger partial charge in [0.1, 0.15) is 0 Å². The largest absolute Gasteiger partial charge is 0.341 e. The highest BCUT2D eigenvalue weighted by Crippen LogP contribution is 2.31. The second-order valence-corrected chi connectivity index (χ2v) is 7.59. The van der Waals surface area contributed by atoms with Crippen LogP contribution in [0.2, 0.25) is 5.02 Å². The fourth-order valence-corrected chi connectivity index (χ4v) is 3.96. The van der Waals surface area contributed by atoms with Crippen LogP contribution >= 0.6 is 11.6 Å². The highest BCUT2D eigenvalue weighted by atomic mass is 35.5. The Morgan fingerprint density at radius 3 is 2.84 bits per heavy atom. The molecule has 132 valence electrons. The van der Waals surface area contributed by atoms with Gasteiger partial charge in [-0.15, -0.1) is 0 Å². The zero-order chi connectivity index (χ0) is 17.2. The third-order valence-electron chi connectivity index (χ3n) is 5.35. The molecule has 0 radical (unpaired) electrons. The molecule has 1 amide bonds. The lowest BCUT2D eigenvalue weighted by Gasteiger charge is -2.37. The number of aromatic nitrogens is 2. The van der Waals surface area contributed by atoms with Gasteiger partial charge in [0.05, 0.1) is 5.92 Å². The summed E-state index contributed by atoms with van der Waals surface area (Å²) in [4.78, 5) is 18.6. The number of rotatable bonds is 5. The quantitative estimate of drug-likeness (QED) is 0.799. The Labute approximate surface area is 152 Å². The molecule has 1 saturated heterocycles. The Hall–Kier alpha value is -1.88. The standard InChI is InChI=1S/C19H22ClN3O2/c20-16-7-3-6-14(10-16)18-21-19(25-22-18)15-11-23(12-15)17(24)9-8-13-4-1-2-5-13/h3,6-7,10,13,15H,1-2,4-5,8-9,11-12H2. The molecule has 0 unspecified atom stereocenters. The zero-order valence-corrected chi connectivity index (χ0v) is 14.9. The normalized spacial score (nSPS) is 18.5. The highest BCUT2D eigenvalue weighted by Gasteiger charge is 2.35. The lowest BCUT2D eigenvalue weighted by molar-refractivity contribution is -0.136. The Morgan fingerprint density at radius 1 is 1.28 bits per heavy atom. The molecule has 6 heteroatoms. The molecule has 4 rings (SSSR count). The highest BCUT2D eigenvalue weighted by molar-refractivity contribution is 6.30. The van der Waals surface area contributed by atoms with Gasteiger partial charge >= 0.3 is 0 Å². The predicted molar refractivity (Wildman–Crippen MR) is 95.3 cm³/mol. The van der Waals surface area contributed by atoms with Crippen LogP contribution in [0.4, 0.5) is 0 Å². The maximum Gasteiger partial charge on any atom is 0.233 e. The van der Waals surface area contributed by atoms with Crippen LogP contribution in [-0.4, -0.2) is 34.0 Å². The first-order chi connectivity index (χ1) is 12.2. The van der Waals surface area contributed by atoms with Crippen molar-refractivity contribution < 1.29 is 9.32 Å². The van der Waals surface area contributed by atoms with E-state index in [9.17, 15) is 4.79 Å². The van der Waals surface area contributed by atoms with Gasteiger partial charge in [0, 0.05) is 30.1 Å². The number of halogens is 1. The number of hydrogen-bond acceptors (Lipinski definition) is 4. The van der Waals surface area contributed by atoms with Crippen LogP contribution in [0.5, 0.6) is 0 Å². The number of hydrogen-bond donors (Lipinski definition) is 0. The number of likely N-dealkylation sites (tertiary alicyclic amines) is 1. The van der Waals surface area contributed by atoms with Gasteiger partial charge in [0.25, 0.3) is 0 Å². The van der Waals surface area contributed by atoms with E-state index in [4.69, 9.17) is 16.1 Å². The number of benzene rings is 1. The first kappa shape index (κ1) is 16.6. The molecule has 2 aliphatic rings. The van der Waals surface area contributed by atoms with Crippen molar-refractivity contribution in [2.45, 2.75) is 44.4 Å². The van der Waals surface area contributed by atoms with Gasteiger partial charge in [0.15, 0.2) is 0 Å². The third kappa shape index (κ3) is 3.71. The van der Waals surface area contributed by atoms with Gasteiger partial charge in [-0.2, -0.15) is 4.98 Å². The van der Waals surface area contributed by atoms with Gasteiger partial charge in [-0.25, -0.2) is 0 Å². The van der Waals surface area contributed by atoms with Gasteiger partial charge < -0.3 is 9.42 Å². The fraction of sp³-hybridized carbons (Fsp3) is 0.526. The first-order valence-electron chi connectivity index (χ1n) is 9.06. The second-order valence-electron chi connectivity index (χ2n) is 7.15. The molecule has 2 heterocycles. The summed E-state index contributed by atoms with van der Waals surface area (Å²) in [6.07, 6.45) is 6.97. The second kappa shape index (κ2) is 7.16. The average Bonchev–Trinajstić information content (AvgIpc) is 3.23. The van der Waals surface area contributed by atoms with Crippen molar-refractivity contribution in [2.24, 2.45) is 5.92 Å². The average molecular weight is 360 g/mol. The van der Waals surface area contributed by atoms with Crippen molar-refractivity contribution in [3.63, 3.8) is 0 Å². The molecule has 1 aromatic heterocycles. The van der Waals surface area contributed by atoms with Crippen molar-refractivity contribution in [3.05, 3.63) is 35.2 Å². The van der Waals surface area contributed by atoms with Crippen molar-refractivity contribution in [1.82, 2.24) is 15.0 Å². The van der Waals surface area contributed by atoms with Gasteiger partial charge in [-0.1, -0.05) is 54.6 Å². The van der Waals surface area contributed by atoms with Gasteiger partial charge in [-0.05, 0) is 24.5 Å². The van der Waals surface area contributed by atoms with Crippen LogP contribution in [-0.2, 0) is 4.79 Å². The summed E-state index contributed by atoms with van der Waals surface area (Å²) in [7, 11) is 0. The molecule has 2 aromatic rings. The summed E-state index contributed by atoms with van der Waals surface area (Å²) in [6, 6.07) is 7.39. The molecule has 1 aliphatic carbocycles. The predicted octanol–water partition coefficient (Wildman–Crippen LogP) is 4.29. The van der Waals surface area contributed by atoms with Crippen LogP contribution in [0.15, 0.2) is 28.8 Å². The lowest BCUT2D eigenvalue weighted by Crippen LogP contribution is -2.48. The fourth-order valence-electron chi connectivity index (χ4n) is 3.77. The molecular formula is C19H22ClN3O2. The van der Waals surface area contributed by atoms with Gasteiger partial charge in [0.2, 0.25) is 17.6 Å². The summed E-state index contributed by atoms with van der Waals surface area (Å²) >= 11 is 6.00. The number of carbonyl (C=O) groups excluding carboxylic acids is 1. The molecule has 1 aromatic carbocycles. The van der Waals surface area contributed by atoms with Crippen LogP contribution in [0.3, 0.4) is 0 Å². The molecule has 1 saturated carbocycles. The molecule has 25 heavy (non-hydrogen) atoms. The molecule has 1 aliphatic heterocycles. The third-order valence-corrected chi connectivity index (χ3v) is 5.58. The van der Waals surface area contributed by atoms with E-state index >= 15 is 0 Å². The van der Waals surface area contributed by atoms with E-state index in [0.717, 1.165) is 17.9 Å². The van der Waals surface area contributed by atoms with E-state index < -0.39 is 0 Å². The van der Waals surface area contributed by atoms with E-state index in [-0.39, 0.29) is 11.8 Å². The van der Waals surface area contributed by atoms with Gasteiger partial charge in [-0.3, -0.25) is 4.79 Å². The Morgan fingerprint density at radius 2 is 2.08 bits per heavy atom. The number of amides is 1. The molecule has 0 atom stereocenters. The molecular weight excluding hydrogens is 338 g/mol. The molecule has 0 bridgehead atoms. The van der Waals surface area contributed by atoms with Crippen LogP contribution < -0.4 is 0 Å². The summed E-state index contributed by atoms with van der Waals surface area (Å²) in [5.74, 6) is 2.32. The Kier molecular flexibility index (Phi) is 4.75. The summed E-state index contributed by atoms with van der Waals surface area (Å²) < 4.78 is 5.39. The van der Waals surface area contributed by atoms with Crippen molar-refractivity contribution >= 4 is 17.5 Å². The van der Waals surface area contributed by atoms with E-state index in [1.165, 1.54) is 25.7 Å². The van der Waals surface area contributed by atoms with Crippen molar-refractivity contribution in [1.29, 1.82) is 0 Å². The van der Waals surface area contributed by atoms with Crippen LogP contribution in [0.25, 0.3) is 11.4 Å². The maximum atomic E-state index is 12.3. The maximum absolute atomic E-state index is 12.3. The minimum Gasteiger partial charge on any atom is -0.341 e. The summed E-state index contributed by atoms with van der Waals surface area (Å²) in [5, 5.41) is 4.69. The minimum absolute atomic E-state index is 0.149. The van der Waals surface area contributed by atoms with E-state index in [1.807, 2.05) is 29.2 Å². The minimum atomic E-state index is 0.149. The molecule has 2 fully saturated rings. The first-order valence-corrected chi connectivity index (χ1v) is 9.44. The Balaban J connectivity index is 1.29.